The lowest BCUT2D eigenvalue weighted by atomic mass is 10.2. The summed E-state index contributed by atoms with van der Waals surface area (Å²) >= 11 is 5.62. The minimum absolute atomic E-state index is 0. The van der Waals surface area contributed by atoms with E-state index in [0.29, 0.717) is 18.0 Å². The van der Waals surface area contributed by atoms with Crippen LogP contribution in [0.5, 0.6) is 0 Å². The van der Waals surface area contributed by atoms with Crippen LogP contribution in [0.4, 0.5) is 0 Å². The monoisotopic (exact) mass is 297 g/mol. The highest BCUT2D eigenvalue weighted by Gasteiger charge is 2.31. The number of nitrogens with one attached hydrogen (secondary N) is 1. The zero-order chi connectivity index (χ0) is 11.6. The lowest BCUT2D eigenvalue weighted by Gasteiger charge is -2.21. The average Bonchev–Trinajstić information content (AvgIpc) is 2.31. The molecule has 2 rings (SSSR count). The van der Waals surface area contributed by atoms with E-state index >= 15 is 0 Å². The van der Waals surface area contributed by atoms with Gasteiger partial charge in [0.05, 0.1) is 22.7 Å². The molecule has 0 aliphatic carbocycles. The third-order valence-corrected chi connectivity index (χ3v) is 4.74. The van der Waals surface area contributed by atoms with Gasteiger partial charge in [0.15, 0.2) is 0 Å². The van der Waals surface area contributed by atoms with E-state index in [1.54, 1.807) is 0 Å². The van der Waals surface area contributed by atoms with Gasteiger partial charge in [-0.1, -0.05) is 11.6 Å². The molecule has 0 radical (unpaired) electrons. The Kier molecular flexibility index (Phi) is 5.12. The van der Waals surface area contributed by atoms with Crippen LogP contribution in [0, 0.1) is 0 Å². The first-order chi connectivity index (χ1) is 7.60. The molecule has 1 aromatic rings. The summed E-state index contributed by atoms with van der Waals surface area (Å²) in [5.41, 5.74) is 0. The Bertz CT molecular complexity index is 458. The second-order valence-electron chi connectivity index (χ2n) is 3.70. The fourth-order valence-electron chi connectivity index (χ4n) is 1.68. The molecule has 0 aromatic carbocycles. The van der Waals surface area contributed by atoms with E-state index in [9.17, 15) is 8.42 Å². The first-order valence-electron chi connectivity index (χ1n) is 5.03. The van der Waals surface area contributed by atoms with Crippen molar-refractivity contribution in [3.8, 4) is 0 Å². The molecule has 1 aromatic heterocycles. The molecule has 1 unspecified atom stereocenters. The fraction of sp³-hybridized carbons (Fsp3) is 0.556. The second-order valence-corrected chi connectivity index (χ2v) is 6.26. The lowest BCUT2D eigenvalue weighted by molar-refractivity contribution is 0.493. The number of sulfone groups is 1. The van der Waals surface area contributed by atoms with Crippen LogP contribution in [0.2, 0.25) is 5.02 Å². The molecule has 1 fully saturated rings. The molecule has 0 saturated carbocycles. The summed E-state index contributed by atoms with van der Waals surface area (Å²) in [6.45, 7) is 1.34. The summed E-state index contributed by atoms with van der Waals surface area (Å²) in [6.07, 6.45) is 4.12. The number of hydrogen-bond acceptors (Lipinski definition) is 5. The normalized spacial score (nSPS) is 20.6. The maximum atomic E-state index is 12.1. The first kappa shape index (κ1) is 14.6. The van der Waals surface area contributed by atoms with Crippen molar-refractivity contribution >= 4 is 33.8 Å². The Hall–Kier alpha value is -0.430. The summed E-state index contributed by atoms with van der Waals surface area (Å²) in [6, 6.07) is 0. The maximum absolute atomic E-state index is 12.1. The summed E-state index contributed by atoms with van der Waals surface area (Å²) < 4.78 is 24.2. The zero-order valence-corrected chi connectivity index (χ0v) is 11.4. The highest BCUT2D eigenvalue weighted by molar-refractivity contribution is 7.91. The van der Waals surface area contributed by atoms with Crippen LogP contribution in [0.3, 0.4) is 0 Å². The van der Waals surface area contributed by atoms with Gasteiger partial charge in [-0.3, -0.25) is 0 Å². The topological polar surface area (TPSA) is 72.0 Å². The number of halogens is 2. The van der Waals surface area contributed by atoms with E-state index in [1.807, 2.05) is 0 Å². The van der Waals surface area contributed by atoms with Crippen LogP contribution in [-0.2, 0) is 9.84 Å². The van der Waals surface area contributed by atoms with Crippen LogP contribution < -0.4 is 5.32 Å². The number of nitrogens with zero attached hydrogens (tertiary/aromatic N) is 2. The van der Waals surface area contributed by atoms with Gasteiger partial charge in [0, 0.05) is 6.54 Å². The van der Waals surface area contributed by atoms with Gasteiger partial charge in [0.2, 0.25) is 15.0 Å². The van der Waals surface area contributed by atoms with Gasteiger partial charge in [-0.05, 0) is 19.4 Å². The minimum Gasteiger partial charge on any atom is -0.315 e. The molecule has 96 valence electrons. The predicted octanol–water partition coefficient (Wildman–Crippen LogP) is 1.08. The predicted molar refractivity (Wildman–Crippen MR) is 67.4 cm³/mol. The van der Waals surface area contributed by atoms with Crippen LogP contribution in [0.15, 0.2) is 17.6 Å². The number of aromatic nitrogens is 2. The van der Waals surface area contributed by atoms with E-state index in [1.165, 1.54) is 12.4 Å². The molecule has 5 nitrogen and oxygen atoms in total. The van der Waals surface area contributed by atoms with Crippen molar-refractivity contribution in [3.63, 3.8) is 0 Å². The van der Waals surface area contributed by atoms with Crippen LogP contribution in [0.25, 0.3) is 0 Å². The molecular formula is C9H13Cl2N3O2S. The molecule has 1 aliphatic rings. The van der Waals surface area contributed by atoms with Crippen molar-refractivity contribution < 1.29 is 8.42 Å². The van der Waals surface area contributed by atoms with Crippen molar-refractivity contribution in [2.24, 2.45) is 0 Å². The molecule has 2 heterocycles. The van der Waals surface area contributed by atoms with Gasteiger partial charge in [-0.25, -0.2) is 18.4 Å². The van der Waals surface area contributed by atoms with Gasteiger partial charge in [-0.2, -0.15) is 0 Å². The highest BCUT2D eigenvalue weighted by Crippen LogP contribution is 2.18. The third kappa shape index (κ3) is 3.28. The van der Waals surface area contributed by atoms with Crippen molar-refractivity contribution in [2.75, 3.05) is 13.1 Å². The Morgan fingerprint density at radius 1 is 1.35 bits per heavy atom. The van der Waals surface area contributed by atoms with Crippen molar-refractivity contribution in [3.05, 3.63) is 17.4 Å². The van der Waals surface area contributed by atoms with Crippen LogP contribution >= 0.6 is 24.0 Å². The molecule has 1 atom stereocenters. The number of hydrogen-bond donors (Lipinski definition) is 1. The fourth-order valence-corrected chi connectivity index (χ4v) is 3.29. The summed E-state index contributed by atoms with van der Waals surface area (Å²) in [5, 5.41) is 2.83. The second kappa shape index (κ2) is 5.95. The van der Waals surface area contributed by atoms with E-state index in [2.05, 4.69) is 15.3 Å². The van der Waals surface area contributed by atoms with Crippen molar-refractivity contribution in [1.29, 1.82) is 0 Å². The molecule has 0 bridgehead atoms. The molecule has 8 heteroatoms. The van der Waals surface area contributed by atoms with Gasteiger partial charge < -0.3 is 5.32 Å². The maximum Gasteiger partial charge on any atom is 0.247 e. The smallest absolute Gasteiger partial charge is 0.247 e. The molecule has 0 amide bonds. The molecule has 1 saturated heterocycles. The number of rotatable bonds is 2. The van der Waals surface area contributed by atoms with Gasteiger partial charge in [0.25, 0.3) is 0 Å². The molecule has 1 aliphatic heterocycles. The minimum atomic E-state index is -3.42. The van der Waals surface area contributed by atoms with Gasteiger partial charge in [0.1, 0.15) is 0 Å². The third-order valence-electron chi connectivity index (χ3n) is 2.54. The Morgan fingerprint density at radius 2 is 2.00 bits per heavy atom. The molecule has 0 spiro atoms. The van der Waals surface area contributed by atoms with E-state index in [4.69, 9.17) is 11.6 Å². The van der Waals surface area contributed by atoms with E-state index in [-0.39, 0.29) is 17.6 Å². The molecular weight excluding hydrogens is 285 g/mol. The lowest BCUT2D eigenvalue weighted by Crippen LogP contribution is -2.39. The van der Waals surface area contributed by atoms with Crippen LogP contribution in [0.1, 0.15) is 12.8 Å². The molecule has 1 N–H and O–H groups in total. The SMILES string of the molecule is Cl.O=S(=O)(c1ncc(Cl)cn1)C1CCCNC1. The molecule has 17 heavy (non-hydrogen) atoms. The Labute approximate surface area is 111 Å². The Morgan fingerprint density at radius 3 is 2.53 bits per heavy atom. The Balaban J connectivity index is 0.00000144. The summed E-state index contributed by atoms with van der Waals surface area (Å²) in [4.78, 5) is 7.53. The average molecular weight is 298 g/mol. The van der Waals surface area contributed by atoms with Crippen molar-refractivity contribution in [2.45, 2.75) is 23.2 Å². The van der Waals surface area contributed by atoms with E-state index in [0.717, 1.165) is 13.0 Å². The summed E-state index contributed by atoms with van der Waals surface area (Å²) in [5.74, 6) is 0. The largest absolute Gasteiger partial charge is 0.315 e. The van der Waals surface area contributed by atoms with E-state index < -0.39 is 15.1 Å². The first-order valence-corrected chi connectivity index (χ1v) is 6.95. The zero-order valence-electron chi connectivity index (χ0n) is 8.97. The quantitative estimate of drug-likeness (QED) is 0.827. The van der Waals surface area contributed by atoms with Gasteiger partial charge >= 0.3 is 0 Å². The summed E-state index contributed by atoms with van der Waals surface area (Å²) in [7, 11) is -3.42. The van der Waals surface area contributed by atoms with Gasteiger partial charge in [-0.15, -0.1) is 12.4 Å². The standard InChI is InChI=1S/C9H12ClN3O2S.ClH/c10-7-4-12-9(13-5-7)16(14,15)8-2-1-3-11-6-8;/h4-5,8,11H,1-3,6H2;1H. The number of piperidine rings is 1. The highest BCUT2D eigenvalue weighted by atomic mass is 35.5. The van der Waals surface area contributed by atoms with Crippen molar-refractivity contribution in [1.82, 2.24) is 15.3 Å². The van der Waals surface area contributed by atoms with Crippen LogP contribution in [-0.4, -0.2) is 36.7 Å².